The lowest BCUT2D eigenvalue weighted by Gasteiger charge is -2.62. The first-order chi connectivity index (χ1) is 11.3. The largest absolute Gasteiger partial charge is 0.461 e. The van der Waals surface area contributed by atoms with Gasteiger partial charge in [-0.2, -0.15) is 0 Å². The standard InChI is InChI=1S/C17H22F2O5/c1-15(18,19)8-22-16-4-9-2-10(5-16)17(11(3-9)6-16)23-12-7-21-14(20)13(12)24-17/h9-13H,2-8H2,1H3. The Hall–Kier alpha value is -0.790. The summed E-state index contributed by atoms with van der Waals surface area (Å²) in [5, 5.41) is 0. The van der Waals surface area contributed by atoms with Gasteiger partial charge >= 0.3 is 5.97 Å². The maximum absolute atomic E-state index is 13.3. The minimum Gasteiger partial charge on any atom is -0.461 e. The Morgan fingerprint density at radius 2 is 1.92 bits per heavy atom. The van der Waals surface area contributed by atoms with E-state index in [1.165, 1.54) is 0 Å². The predicted molar refractivity (Wildman–Crippen MR) is 76.3 cm³/mol. The van der Waals surface area contributed by atoms with Crippen molar-refractivity contribution >= 4 is 5.97 Å². The fourth-order valence-corrected chi connectivity index (χ4v) is 5.86. The zero-order chi connectivity index (χ0) is 16.7. The second kappa shape index (κ2) is 4.68. The second-order valence-corrected chi connectivity index (χ2v) is 8.43. The highest BCUT2D eigenvalue weighted by atomic mass is 19.3. The number of ether oxygens (including phenoxy) is 4. The van der Waals surface area contributed by atoms with Gasteiger partial charge in [0.15, 0.2) is 11.9 Å². The maximum Gasteiger partial charge on any atom is 0.338 e. The minimum absolute atomic E-state index is 0.104. The molecule has 4 atom stereocenters. The van der Waals surface area contributed by atoms with Crippen LogP contribution in [-0.4, -0.2) is 48.7 Å². The van der Waals surface area contributed by atoms with Crippen molar-refractivity contribution in [3.8, 4) is 0 Å². The van der Waals surface area contributed by atoms with E-state index in [0.717, 1.165) is 26.2 Å². The average molecular weight is 344 g/mol. The van der Waals surface area contributed by atoms with Gasteiger partial charge < -0.3 is 18.9 Å². The summed E-state index contributed by atoms with van der Waals surface area (Å²) >= 11 is 0. The van der Waals surface area contributed by atoms with Crippen LogP contribution in [0, 0.1) is 17.8 Å². The number of halogens is 2. The molecule has 24 heavy (non-hydrogen) atoms. The Balaban J connectivity index is 1.39. The van der Waals surface area contributed by atoms with E-state index in [1.807, 2.05) is 0 Å². The van der Waals surface area contributed by atoms with E-state index < -0.39 is 30.0 Å². The van der Waals surface area contributed by atoms with Crippen LogP contribution in [-0.2, 0) is 23.7 Å². The number of hydrogen-bond donors (Lipinski definition) is 0. The van der Waals surface area contributed by atoms with Gasteiger partial charge in [0.2, 0.25) is 0 Å². The molecule has 4 bridgehead atoms. The third-order valence-electron chi connectivity index (χ3n) is 6.51. The molecule has 0 aromatic heterocycles. The summed E-state index contributed by atoms with van der Waals surface area (Å²) in [5.74, 6) is -3.23. The van der Waals surface area contributed by atoms with Crippen molar-refractivity contribution in [3.05, 3.63) is 0 Å². The summed E-state index contributed by atoms with van der Waals surface area (Å²) < 4.78 is 49.7. The molecule has 2 saturated heterocycles. The highest BCUT2D eigenvalue weighted by molar-refractivity contribution is 5.78. The van der Waals surface area contributed by atoms with Crippen molar-refractivity contribution in [2.75, 3.05) is 13.2 Å². The predicted octanol–water partition coefficient (Wildman–Crippen LogP) is 2.27. The molecular weight excluding hydrogens is 322 g/mol. The van der Waals surface area contributed by atoms with Crippen LogP contribution in [0.25, 0.3) is 0 Å². The van der Waals surface area contributed by atoms with E-state index in [1.54, 1.807) is 0 Å². The van der Waals surface area contributed by atoms with Crippen LogP contribution in [0.5, 0.6) is 0 Å². The number of carbonyl (C=O) groups is 1. The molecule has 6 rings (SSSR count). The molecule has 5 nitrogen and oxygen atoms in total. The van der Waals surface area contributed by atoms with E-state index in [2.05, 4.69) is 0 Å². The van der Waals surface area contributed by atoms with Crippen molar-refractivity contribution in [2.24, 2.45) is 17.8 Å². The topological polar surface area (TPSA) is 54.0 Å². The van der Waals surface area contributed by atoms with Crippen LogP contribution in [0.4, 0.5) is 8.78 Å². The first kappa shape index (κ1) is 15.5. The van der Waals surface area contributed by atoms with Gasteiger partial charge in [0, 0.05) is 18.8 Å². The lowest BCUT2D eigenvalue weighted by molar-refractivity contribution is -0.333. The lowest BCUT2D eigenvalue weighted by Crippen LogP contribution is -2.65. The normalized spacial score (nSPS) is 52.1. The van der Waals surface area contributed by atoms with E-state index in [9.17, 15) is 13.6 Å². The molecule has 1 spiro atoms. The summed E-state index contributed by atoms with van der Waals surface area (Å²) in [4.78, 5) is 11.8. The van der Waals surface area contributed by atoms with E-state index in [0.29, 0.717) is 18.8 Å². The number of esters is 1. The fourth-order valence-electron chi connectivity index (χ4n) is 5.86. The zero-order valence-electron chi connectivity index (χ0n) is 13.6. The number of alkyl halides is 2. The van der Waals surface area contributed by atoms with Gasteiger partial charge in [-0.1, -0.05) is 0 Å². The molecule has 4 unspecified atom stereocenters. The average Bonchev–Trinajstić information content (AvgIpc) is 3.02. The van der Waals surface area contributed by atoms with Gasteiger partial charge in [-0.3, -0.25) is 0 Å². The smallest absolute Gasteiger partial charge is 0.338 e. The van der Waals surface area contributed by atoms with Crippen LogP contribution in [0.2, 0.25) is 0 Å². The fraction of sp³-hybridized carbons (Fsp3) is 0.941. The molecule has 0 radical (unpaired) electrons. The molecule has 4 aliphatic carbocycles. The number of cyclic esters (lactones) is 1. The summed E-state index contributed by atoms with van der Waals surface area (Å²) in [6.45, 7) is 0.605. The Labute approximate surface area is 138 Å². The van der Waals surface area contributed by atoms with Crippen LogP contribution in [0.1, 0.15) is 39.0 Å². The summed E-state index contributed by atoms with van der Waals surface area (Å²) in [5.41, 5.74) is -0.480. The van der Waals surface area contributed by atoms with Gasteiger partial charge in [-0.15, -0.1) is 0 Å². The Morgan fingerprint density at radius 1 is 1.21 bits per heavy atom. The van der Waals surface area contributed by atoms with Crippen LogP contribution in [0.15, 0.2) is 0 Å². The summed E-state index contributed by atoms with van der Waals surface area (Å²) in [7, 11) is 0. The van der Waals surface area contributed by atoms with E-state index in [-0.39, 0.29) is 30.5 Å². The summed E-state index contributed by atoms with van der Waals surface area (Å²) in [6, 6.07) is 0. The molecule has 6 aliphatic rings. The molecule has 134 valence electrons. The Kier molecular flexibility index (Phi) is 3.01. The molecule has 0 aromatic carbocycles. The van der Waals surface area contributed by atoms with Gasteiger partial charge in [-0.25, -0.2) is 13.6 Å². The van der Waals surface area contributed by atoms with E-state index in [4.69, 9.17) is 18.9 Å². The molecule has 2 aliphatic heterocycles. The first-order valence-electron chi connectivity index (χ1n) is 8.83. The summed E-state index contributed by atoms with van der Waals surface area (Å²) in [6.07, 6.45) is 3.15. The van der Waals surface area contributed by atoms with Crippen molar-refractivity contribution < 1.29 is 32.5 Å². The molecule has 6 fully saturated rings. The first-order valence-corrected chi connectivity index (χ1v) is 8.83. The SMILES string of the molecule is CC(F)(F)COC12CC3CC(C1)C1(OC4COC(=O)C4O1)C(C3)C2. The quantitative estimate of drug-likeness (QED) is 0.735. The third-order valence-corrected chi connectivity index (χ3v) is 6.51. The monoisotopic (exact) mass is 344 g/mol. The van der Waals surface area contributed by atoms with Crippen LogP contribution >= 0.6 is 0 Å². The number of fused-ring (bicyclic) bond motifs is 1. The number of hydrogen-bond acceptors (Lipinski definition) is 5. The highest BCUT2D eigenvalue weighted by Crippen LogP contribution is 2.64. The minimum atomic E-state index is -2.82. The number of rotatable bonds is 3. The maximum atomic E-state index is 13.3. The Bertz CT molecular complexity index is 558. The van der Waals surface area contributed by atoms with Crippen LogP contribution < -0.4 is 0 Å². The molecule has 0 N–H and O–H groups in total. The van der Waals surface area contributed by atoms with Gasteiger partial charge in [0.25, 0.3) is 5.92 Å². The second-order valence-electron chi connectivity index (χ2n) is 8.43. The molecule has 0 aromatic rings. The molecule has 7 heteroatoms. The molecule has 4 saturated carbocycles. The van der Waals surface area contributed by atoms with Gasteiger partial charge in [-0.05, 0) is 38.0 Å². The van der Waals surface area contributed by atoms with E-state index >= 15 is 0 Å². The molecular formula is C17H22F2O5. The Morgan fingerprint density at radius 3 is 2.54 bits per heavy atom. The van der Waals surface area contributed by atoms with Gasteiger partial charge in [0.05, 0.1) is 5.60 Å². The van der Waals surface area contributed by atoms with Crippen molar-refractivity contribution in [3.63, 3.8) is 0 Å². The highest BCUT2D eigenvalue weighted by Gasteiger charge is 2.70. The molecule has 2 heterocycles. The number of carbonyl (C=O) groups excluding carboxylic acids is 1. The van der Waals surface area contributed by atoms with Crippen LogP contribution in [0.3, 0.4) is 0 Å². The third kappa shape index (κ3) is 2.10. The molecule has 0 amide bonds. The van der Waals surface area contributed by atoms with Crippen molar-refractivity contribution in [1.29, 1.82) is 0 Å². The van der Waals surface area contributed by atoms with Crippen molar-refractivity contribution in [1.82, 2.24) is 0 Å². The zero-order valence-corrected chi connectivity index (χ0v) is 13.6. The lowest BCUT2D eigenvalue weighted by atomic mass is 9.51. The van der Waals surface area contributed by atoms with Crippen molar-refractivity contribution in [2.45, 2.75) is 68.5 Å². The van der Waals surface area contributed by atoms with Gasteiger partial charge in [0.1, 0.15) is 19.3 Å².